The van der Waals surface area contributed by atoms with E-state index < -0.39 is 17.7 Å². The van der Waals surface area contributed by atoms with E-state index in [1.54, 1.807) is 25.0 Å². The number of Topliss-reactive ketones (excluding diaryl/α,β-unsaturated/α-hetero) is 1. The lowest BCUT2D eigenvalue weighted by atomic mass is 9.94. The number of aliphatic hydroxyl groups excluding tert-OH is 1. The smallest absolute Gasteiger partial charge is 0.290 e. The van der Waals surface area contributed by atoms with Crippen LogP contribution in [0.3, 0.4) is 0 Å². The molecule has 6 nitrogen and oxygen atoms in total. The van der Waals surface area contributed by atoms with Gasteiger partial charge in [0.2, 0.25) is 5.78 Å². The van der Waals surface area contributed by atoms with Crippen LogP contribution in [-0.4, -0.2) is 40.3 Å². The summed E-state index contributed by atoms with van der Waals surface area (Å²) in [7, 11) is 1.57. The van der Waals surface area contributed by atoms with Crippen molar-refractivity contribution in [3.8, 4) is 5.75 Å². The molecule has 29 heavy (non-hydrogen) atoms. The molecule has 7 heteroatoms. The maximum atomic E-state index is 13.4. The van der Waals surface area contributed by atoms with E-state index in [1.165, 1.54) is 11.3 Å². The molecule has 1 amide bonds. The highest BCUT2D eigenvalue weighted by atomic mass is 32.1. The quantitative estimate of drug-likeness (QED) is 0.507. The molecule has 2 aromatic rings. The third-order valence-corrected chi connectivity index (χ3v) is 6.14. The molecule has 0 aliphatic carbocycles. The number of rotatable bonds is 8. The Bertz CT molecular complexity index is 963. The number of hydrogen-bond acceptors (Lipinski definition) is 6. The molecule has 0 bridgehead atoms. The molecule has 1 aliphatic rings. The fourth-order valence-corrected chi connectivity index (χ4v) is 4.54. The predicted octanol–water partition coefficient (Wildman–Crippen LogP) is 4.54. The Kier molecular flexibility index (Phi) is 6.37. The van der Waals surface area contributed by atoms with Crippen LogP contribution in [0.15, 0.2) is 35.6 Å². The summed E-state index contributed by atoms with van der Waals surface area (Å²) in [4.78, 5) is 32.7. The van der Waals surface area contributed by atoms with E-state index >= 15 is 0 Å². The number of aryl methyl sites for hydroxylation is 2. The van der Waals surface area contributed by atoms with Gasteiger partial charge in [0.15, 0.2) is 5.76 Å². The first-order valence-corrected chi connectivity index (χ1v) is 10.6. The number of thiazole rings is 1. The van der Waals surface area contributed by atoms with Crippen LogP contribution in [0.4, 0.5) is 0 Å². The third kappa shape index (κ3) is 4.05. The number of ketones is 1. The van der Waals surface area contributed by atoms with Gasteiger partial charge < -0.3 is 14.7 Å². The lowest BCUT2D eigenvalue weighted by molar-refractivity contribution is -0.129. The van der Waals surface area contributed by atoms with Crippen LogP contribution in [0.1, 0.15) is 58.2 Å². The standard InChI is InChI=1S/C22H26N2O4S/c1-5-6-7-11-24-18(15-9-8-10-16(12-15)28-4)17(20(26)22(24)27)19(25)21-13(2)23-14(3)29-21/h8-10,12,18,26H,5-7,11H2,1-4H3. The van der Waals surface area contributed by atoms with Gasteiger partial charge >= 0.3 is 0 Å². The zero-order valence-corrected chi connectivity index (χ0v) is 18.0. The molecule has 0 fully saturated rings. The van der Waals surface area contributed by atoms with E-state index in [0.29, 0.717) is 22.9 Å². The Morgan fingerprint density at radius 3 is 2.69 bits per heavy atom. The molecule has 1 N–H and O–H groups in total. The average molecular weight is 415 g/mol. The highest BCUT2D eigenvalue weighted by Crippen LogP contribution is 2.41. The maximum absolute atomic E-state index is 13.4. The normalized spacial score (nSPS) is 16.6. The number of ether oxygens (including phenoxy) is 1. The van der Waals surface area contributed by atoms with Gasteiger partial charge in [-0.2, -0.15) is 0 Å². The van der Waals surface area contributed by atoms with Gasteiger partial charge in [-0.25, -0.2) is 4.98 Å². The minimum Gasteiger partial charge on any atom is -0.503 e. The van der Waals surface area contributed by atoms with Gasteiger partial charge in [0, 0.05) is 6.54 Å². The first-order chi connectivity index (χ1) is 13.9. The number of carbonyl (C=O) groups excluding carboxylic acids is 2. The molecule has 0 radical (unpaired) electrons. The highest BCUT2D eigenvalue weighted by Gasteiger charge is 2.44. The lowest BCUT2D eigenvalue weighted by Crippen LogP contribution is -2.32. The minimum atomic E-state index is -0.649. The first-order valence-electron chi connectivity index (χ1n) is 9.75. The summed E-state index contributed by atoms with van der Waals surface area (Å²) in [6.45, 7) is 6.16. The van der Waals surface area contributed by atoms with Gasteiger partial charge in [0.05, 0.1) is 34.3 Å². The van der Waals surface area contributed by atoms with Crippen LogP contribution in [0.2, 0.25) is 0 Å². The van der Waals surface area contributed by atoms with E-state index in [1.807, 2.05) is 25.1 Å². The molecule has 0 saturated carbocycles. The van der Waals surface area contributed by atoms with Gasteiger partial charge in [-0.3, -0.25) is 9.59 Å². The average Bonchev–Trinajstić information content (AvgIpc) is 3.18. The van der Waals surface area contributed by atoms with E-state index in [4.69, 9.17) is 4.74 Å². The molecule has 2 heterocycles. The molecule has 0 saturated heterocycles. The van der Waals surface area contributed by atoms with Crippen molar-refractivity contribution in [3.63, 3.8) is 0 Å². The van der Waals surface area contributed by atoms with Gasteiger partial charge in [-0.15, -0.1) is 11.3 Å². The topological polar surface area (TPSA) is 79.7 Å². The van der Waals surface area contributed by atoms with E-state index in [9.17, 15) is 14.7 Å². The Morgan fingerprint density at radius 1 is 1.31 bits per heavy atom. The Balaban J connectivity index is 2.08. The summed E-state index contributed by atoms with van der Waals surface area (Å²) in [5, 5.41) is 11.5. The van der Waals surface area contributed by atoms with Gasteiger partial charge in [-0.1, -0.05) is 31.9 Å². The summed E-state index contributed by atoms with van der Waals surface area (Å²) in [6, 6.07) is 6.64. The summed E-state index contributed by atoms with van der Waals surface area (Å²) in [5.41, 5.74) is 1.46. The lowest BCUT2D eigenvalue weighted by Gasteiger charge is -2.27. The van der Waals surface area contributed by atoms with Crippen LogP contribution in [0.5, 0.6) is 5.75 Å². The number of benzene rings is 1. The second-order valence-electron chi connectivity index (χ2n) is 7.12. The Labute approximate surface area is 174 Å². The van der Waals surface area contributed by atoms with Crippen molar-refractivity contribution >= 4 is 23.0 Å². The zero-order valence-electron chi connectivity index (χ0n) is 17.2. The fraction of sp³-hybridized carbons (Fsp3) is 0.409. The number of amides is 1. The van der Waals surface area contributed by atoms with Crippen LogP contribution >= 0.6 is 11.3 Å². The molecule has 3 rings (SSSR count). The van der Waals surface area contributed by atoms with Crippen LogP contribution in [0, 0.1) is 13.8 Å². The molecule has 1 unspecified atom stereocenters. The molecule has 1 atom stereocenters. The molecule has 1 aliphatic heterocycles. The number of aliphatic hydroxyl groups is 1. The SMILES string of the molecule is CCCCCN1C(=O)C(O)=C(C(=O)c2sc(C)nc2C)C1c1cccc(OC)c1. The van der Waals surface area contributed by atoms with Crippen molar-refractivity contribution in [3.05, 3.63) is 56.7 Å². The van der Waals surface area contributed by atoms with E-state index in [0.717, 1.165) is 29.8 Å². The molecule has 1 aromatic carbocycles. The third-order valence-electron chi connectivity index (χ3n) is 5.07. The number of aromatic nitrogens is 1. The fourth-order valence-electron chi connectivity index (χ4n) is 3.67. The van der Waals surface area contributed by atoms with Crippen molar-refractivity contribution in [1.29, 1.82) is 0 Å². The Morgan fingerprint density at radius 2 is 2.07 bits per heavy atom. The second kappa shape index (κ2) is 8.78. The van der Waals surface area contributed by atoms with E-state index in [-0.39, 0.29) is 11.4 Å². The minimum absolute atomic E-state index is 0.117. The number of unbranched alkanes of at least 4 members (excludes halogenated alkanes) is 2. The number of methoxy groups -OCH3 is 1. The van der Waals surface area contributed by atoms with Gasteiger partial charge in [0.1, 0.15) is 5.75 Å². The highest BCUT2D eigenvalue weighted by molar-refractivity contribution is 7.14. The number of hydrogen-bond donors (Lipinski definition) is 1. The summed E-state index contributed by atoms with van der Waals surface area (Å²) in [5.74, 6) is -0.683. The summed E-state index contributed by atoms with van der Waals surface area (Å²) < 4.78 is 5.33. The molecule has 0 spiro atoms. The van der Waals surface area contributed by atoms with Crippen molar-refractivity contribution in [1.82, 2.24) is 9.88 Å². The van der Waals surface area contributed by atoms with Crippen LogP contribution in [-0.2, 0) is 4.79 Å². The predicted molar refractivity (Wildman–Crippen MR) is 113 cm³/mol. The van der Waals surface area contributed by atoms with Crippen LogP contribution in [0.25, 0.3) is 0 Å². The first kappa shape index (κ1) is 21.0. The molecule has 1 aromatic heterocycles. The maximum Gasteiger partial charge on any atom is 0.290 e. The van der Waals surface area contributed by atoms with E-state index in [2.05, 4.69) is 11.9 Å². The molecular weight excluding hydrogens is 388 g/mol. The van der Waals surface area contributed by atoms with Crippen molar-refractivity contribution in [2.24, 2.45) is 0 Å². The largest absolute Gasteiger partial charge is 0.503 e. The van der Waals surface area contributed by atoms with Crippen LogP contribution < -0.4 is 4.74 Å². The zero-order chi connectivity index (χ0) is 21.1. The van der Waals surface area contributed by atoms with Crippen molar-refractivity contribution < 1.29 is 19.4 Å². The van der Waals surface area contributed by atoms with Crippen molar-refractivity contribution in [2.45, 2.75) is 46.1 Å². The summed E-state index contributed by atoms with van der Waals surface area (Å²) >= 11 is 1.28. The van der Waals surface area contributed by atoms with Gasteiger partial charge in [-0.05, 0) is 38.0 Å². The summed E-state index contributed by atoms with van der Waals surface area (Å²) in [6.07, 6.45) is 2.78. The second-order valence-corrected chi connectivity index (χ2v) is 8.33. The number of carbonyl (C=O) groups is 2. The number of nitrogens with zero attached hydrogens (tertiary/aromatic N) is 2. The Hall–Kier alpha value is -2.67. The molecular formula is C22H26N2O4S. The van der Waals surface area contributed by atoms with Crippen molar-refractivity contribution in [2.75, 3.05) is 13.7 Å². The molecule has 154 valence electrons. The van der Waals surface area contributed by atoms with Gasteiger partial charge in [0.25, 0.3) is 5.91 Å². The monoisotopic (exact) mass is 414 g/mol.